The summed E-state index contributed by atoms with van der Waals surface area (Å²) in [5, 5.41) is 0. The zero-order valence-corrected chi connectivity index (χ0v) is 19.4. The molecule has 4 heteroatoms. The van der Waals surface area contributed by atoms with Gasteiger partial charge in [-0.1, -0.05) is 83.4 Å². The Morgan fingerprint density at radius 1 is 0.724 bits per heavy atom. The van der Waals surface area contributed by atoms with Crippen molar-refractivity contribution in [1.29, 1.82) is 0 Å². The van der Waals surface area contributed by atoms with Gasteiger partial charge in [0, 0.05) is 13.0 Å². The van der Waals surface area contributed by atoms with Crippen molar-refractivity contribution in [3.8, 4) is 0 Å². The van der Waals surface area contributed by atoms with Crippen LogP contribution in [0.2, 0.25) is 0 Å². The molecule has 4 nitrogen and oxygen atoms in total. The van der Waals surface area contributed by atoms with Gasteiger partial charge in [0.25, 0.3) is 0 Å². The fourth-order valence-electron chi connectivity index (χ4n) is 2.78. The molecule has 0 aromatic carbocycles. The standard InChI is InChI=1S/C21H38O2.C4H8O2/c1-3-5-6-7-8-9-10-11-12-13-14-15-16-17-18-19-20-23-21(22)4-2;1-3-6-4(2)5/h4,11-12H,2-3,5-10,13-20H2,1H3;3H2,1-2H3/b12-11-;. The minimum atomic E-state index is -0.308. The van der Waals surface area contributed by atoms with Crippen molar-refractivity contribution < 1.29 is 19.1 Å². The molecule has 0 amide bonds. The molecule has 0 aromatic rings. The number of hydrogen-bond acceptors (Lipinski definition) is 4. The Hall–Kier alpha value is -1.58. The van der Waals surface area contributed by atoms with Gasteiger partial charge in [0.05, 0.1) is 13.2 Å². The number of unbranched alkanes of at least 4 members (excludes halogenated alkanes) is 12. The molecule has 0 aliphatic heterocycles. The van der Waals surface area contributed by atoms with E-state index in [1.54, 1.807) is 6.92 Å². The van der Waals surface area contributed by atoms with Crippen LogP contribution in [0.3, 0.4) is 0 Å². The minimum Gasteiger partial charge on any atom is -0.466 e. The molecule has 0 saturated heterocycles. The smallest absolute Gasteiger partial charge is 0.330 e. The fourth-order valence-corrected chi connectivity index (χ4v) is 2.78. The predicted molar refractivity (Wildman–Crippen MR) is 123 cm³/mol. The maximum Gasteiger partial charge on any atom is 0.330 e. The van der Waals surface area contributed by atoms with Gasteiger partial charge in [0.15, 0.2) is 0 Å². The molecule has 0 saturated carbocycles. The second-order valence-corrected chi connectivity index (χ2v) is 7.23. The van der Waals surface area contributed by atoms with Crippen LogP contribution in [-0.4, -0.2) is 25.2 Å². The molecule has 0 fully saturated rings. The molecule has 170 valence electrons. The Labute approximate surface area is 180 Å². The van der Waals surface area contributed by atoms with Crippen LogP contribution in [0.15, 0.2) is 24.8 Å². The van der Waals surface area contributed by atoms with Gasteiger partial charge in [0.2, 0.25) is 0 Å². The molecule has 0 bridgehead atoms. The molecular formula is C25H46O4. The van der Waals surface area contributed by atoms with E-state index < -0.39 is 0 Å². The third kappa shape index (κ3) is 31.3. The lowest BCUT2D eigenvalue weighted by atomic mass is 10.1. The first-order valence-electron chi connectivity index (χ1n) is 11.7. The number of ether oxygens (including phenoxy) is 2. The van der Waals surface area contributed by atoms with Crippen LogP contribution in [0, 0.1) is 0 Å². The first-order chi connectivity index (χ1) is 14.1. The molecule has 0 heterocycles. The average molecular weight is 411 g/mol. The maximum absolute atomic E-state index is 10.8. The molecule has 0 rings (SSSR count). The highest BCUT2D eigenvalue weighted by Crippen LogP contribution is 2.10. The molecule has 0 aromatic heterocycles. The molecule has 0 N–H and O–H groups in total. The number of allylic oxidation sites excluding steroid dienone is 2. The van der Waals surface area contributed by atoms with Crippen LogP contribution in [0.5, 0.6) is 0 Å². The van der Waals surface area contributed by atoms with Gasteiger partial charge in [-0.3, -0.25) is 4.79 Å². The van der Waals surface area contributed by atoms with Crippen LogP contribution in [-0.2, 0) is 19.1 Å². The Balaban J connectivity index is 0. The summed E-state index contributed by atoms with van der Waals surface area (Å²) < 4.78 is 9.35. The van der Waals surface area contributed by atoms with Crippen LogP contribution >= 0.6 is 0 Å². The number of carbonyl (C=O) groups is 2. The van der Waals surface area contributed by atoms with Gasteiger partial charge < -0.3 is 9.47 Å². The Morgan fingerprint density at radius 3 is 1.62 bits per heavy atom. The molecule has 0 radical (unpaired) electrons. The SMILES string of the molecule is C=CC(=O)OCCCCCCCC/C=C\CCCCCCCC.CCOC(C)=O. The van der Waals surface area contributed by atoms with Crippen molar-refractivity contribution in [2.24, 2.45) is 0 Å². The third-order valence-corrected chi connectivity index (χ3v) is 4.41. The lowest BCUT2D eigenvalue weighted by Gasteiger charge is -2.02. The number of hydrogen-bond donors (Lipinski definition) is 0. The zero-order valence-electron chi connectivity index (χ0n) is 19.4. The van der Waals surface area contributed by atoms with Gasteiger partial charge >= 0.3 is 11.9 Å². The van der Waals surface area contributed by atoms with Crippen LogP contribution in [0.1, 0.15) is 111 Å². The highest BCUT2D eigenvalue weighted by Gasteiger charge is 1.95. The van der Waals surface area contributed by atoms with E-state index in [-0.39, 0.29) is 11.9 Å². The molecule has 29 heavy (non-hydrogen) atoms. The average Bonchev–Trinajstić information content (AvgIpc) is 2.70. The van der Waals surface area contributed by atoms with Crippen molar-refractivity contribution in [1.82, 2.24) is 0 Å². The van der Waals surface area contributed by atoms with E-state index >= 15 is 0 Å². The molecule has 0 aliphatic carbocycles. The van der Waals surface area contributed by atoms with Crippen molar-refractivity contribution in [3.05, 3.63) is 24.8 Å². The number of carbonyl (C=O) groups excluding carboxylic acids is 2. The van der Waals surface area contributed by atoms with E-state index in [1.165, 1.54) is 90.0 Å². The summed E-state index contributed by atoms with van der Waals surface area (Å²) in [6.45, 7) is 9.83. The first kappa shape index (κ1) is 29.6. The van der Waals surface area contributed by atoms with Crippen molar-refractivity contribution >= 4 is 11.9 Å². The lowest BCUT2D eigenvalue weighted by molar-refractivity contribution is -0.140. The van der Waals surface area contributed by atoms with E-state index in [0.717, 1.165) is 12.8 Å². The highest BCUT2D eigenvalue weighted by atomic mass is 16.5. The Bertz CT molecular complexity index is 402. The molecular weight excluding hydrogens is 364 g/mol. The van der Waals surface area contributed by atoms with Crippen LogP contribution in [0.4, 0.5) is 0 Å². The van der Waals surface area contributed by atoms with E-state index in [9.17, 15) is 9.59 Å². The summed E-state index contributed by atoms with van der Waals surface area (Å²) in [5.74, 6) is -0.518. The number of esters is 2. The topological polar surface area (TPSA) is 52.6 Å². The predicted octanol–water partition coefficient (Wildman–Crippen LogP) is 7.32. The minimum absolute atomic E-state index is 0.211. The van der Waals surface area contributed by atoms with Crippen molar-refractivity contribution in [2.45, 2.75) is 111 Å². The number of rotatable bonds is 18. The van der Waals surface area contributed by atoms with E-state index in [0.29, 0.717) is 13.2 Å². The molecule has 0 unspecified atom stereocenters. The monoisotopic (exact) mass is 410 g/mol. The first-order valence-corrected chi connectivity index (χ1v) is 11.7. The summed E-state index contributed by atoms with van der Waals surface area (Å²) in [4.78, 5) is 20.6. The molecule has 0 aliphatic rings. The van der Waals surface area contributed by atoms with E-state index in [1.807, 2.05) is 0 Å². The second-order valence-electron chi connectivity index (χ2n) is 7.23. The zero-order chi connectivity index (χ0) is 22.0. The van der Waals surface area contributed by atoms with E-state index in [4.69, 9.17) is 4.74 Å². The van der Waals surface area contributed by atoms with Gasteiger partial charge in [-0.2, -0.15) is 0 Å². The second kappa shape index (κ2) is 26.4. The summed E-state index contributed by atoms with van der Waals surface area (Å²) in [7, 11) is 0. The van der Waals surface area contributed by atoms with Crippen LogP contribution < -0.4 is 0 Å². The normalized spacial score (nSPS) is 10.3. The van der Waals surface area contributed by atoms with Crippen molar-refractivity contribution in [3.63, 3.8) is 0 Å². The Morgan fingerprint density at radius 2 is 1.21 bits per heavy atom. The van der Waals surface area contributed by atoms with Gasteiger partial charge in [-0.25, -0.2) is 4.79 Å². The van der Waals surface area contributed by atoms with E-state index in [2.05, 4.69) is 30.4 Å². The lowest BCUT2D eigenvalue weighted by Crippen LogP contribution is -2.01. The fraction of sp³-hybridized carbons (Fsp3) is 0.760. The maximum atomic E-state index is 10.8. The molecule has 0 atom stereocenters. The quantitative estimate of drug-likeness (QED) is 0.103. The Kier molecular flexibility index (Phi) is 27.0. The van der Waals surface area contributed by atoms with Crippen molar-refractivity contribution in [2.75, 3.05) is 13.2 Å². The van der Waals surface area contributed by atoms with Gasteiger partial charge in [-0.05, 0) is 39.0 Å². The summed E-state index contributed by atoms with van der Waals surface area (Å²) >= 11 is 0. The van der Waals surface area contributed by atoms with Gasteiger partial charge in [-0.15, -0.1) is 0 Å². The summed E-state index contributed by atoms with van der Waals surface area (Å²) in [6, 6.07) is 0. The van der Waals surface area contributed by atoms with Gasteiger partial charge in [0.1, 0.15) is 0 Å². The molecule has 0 spiro atoms. The third-order valence-electron chi connectivity index (χ3n) is 4.41. The summed E-state index contributed by atoms with van der Waals surface area (Å²) in [5.41, 5.74) is 0. The largest absolute Gasteiger partial charge is 0.466 e. The highest BCUT2D eigenvalue weighted by molar-refractivity contribution is 5.81. The summed E-state index contributed by atoms with van der Waals surface area (Å²) in [6.07, 6.45) is 24.0. The van der Waals surface area contributed by atoms with Crippen LogP contribution in [0.25, 0.3) is 0 Å².